The zero-order valence-electron chi connectivity index (χ0n) is 18.2. The van der Waals surface area contributed by atoms with Crippen molar-refractivity contribution in [1.82, 2.24) is 19.9 Å². The molecule has 2 aromatic rings. The molecule has 2 aliphatic rings. The van der Waals surface area contributed by atoms with Crippen LogP contribution < -0.4 is 5.73 Å². The van der Waals surface area contributed by atoms with E-state index in [4.69, 9.17) is 10.3 Å². The van der Waals surface area contributed by atoms with E-state index in [-0.39, 0.29) is 36.8 Å². The van der Waals surface area contributed by atoms with Crippen LogP contribution in [-0.4, -0.2) is 58.6 Å². The second kappa shape index (κ2) is 11.3. The van der Waals surface area contributed by atoms with Gasteiger partial charge in [-0.05, 0) is 39.2 Å². The van der Waals surface area contributed by atoms with Crippen molar-refractivity contribution in [3.63, 3.8) is 0 Å². The first kappa shape index (κ1) is 25.6. The summed E-state index contributed by atoms with van der Waals surface area (Å²) in [7, 11) is 0. The number of hydrogen-bond donors (Lipinski definition) is 1. The molecular weight excluding hydrogens is 437 g/mol. The molecule has 2 heterocycles. The van der Waals surface area contributed by atoms with E-state index in [2.05, 4.69) is 28.9 Å². The Balaban J connectivity index is 0.00000171. The number of aryl methyl sites for hydroxylation is 1. The van der Waals surface area contributed by atoms with Crippen LogP contribution in [-0.2, 0) is 4.79 Å². The molecule has 2 N–H and O–H groups in total. The Morgan fingerprint density at radius 1 is 1.16 bits per heavy atom. The summed E-state index contributed by atoms with van der Waals surface area (Å²) in [6.45, 7) is 7.89. The first-order chi connectivity index (χ1) is 14.1. The van der Waals surface area contributed by atoms with Crippen molar-refractivity contribution in [1.29, 1.82) is 0 Å². The molecule has 7 nitrogen and oxygen atoms in total. The number of hydrogen-bond acceptors (Lipinski definition) is 6. The molecule has 1 aromatic carbocycles. The molecule has 3 atom stereocenters. The highest BCUT2D eigenvalue weighted by molar-refractivity contribution is 5.85. The van der Waals surface area contributed by atoms with Gasteiger partial charge in [0.25, 0.3) is 0 Å². The van der Waals surface area contributed by atoms with Gasteiger partial charge in [-0.3, -0.25) is 9.69 Å². The number of benzene rings is 1. The van der Waals surface area contributed by atoms with Crippen molar-refractivity contribution < 1.29 is 9.32 Å². The van der Waals surface area contributed by atoms with E-state index < -0.39 is 0 Å². The number of aromatic nitrogens is 2. The SMILES string of the molecule is Cc1ccc(-c2noc(C(C)N3CCN(C(=O)[C@@H]4CCC[C@@H]4CN)CC3)n2)cc1.Cl.Cl. The second-order valence-electron chi connectivity index (χ2n) is 8.39. The molecule has 1 saturated carbocycles. The summed E-state index contributed by atoms with van der Waals surface area (Å²) in [6.07, 6.45) is 3.20. The number of rotatable bonds is 5. The number of carbonyl (C=O) groups excluding carboxylic acids is 1. The lowest BCUT2D eigenvalue weighted by molar-refractivity contribution is -0.138. The highest BCUT2D eigenvalue weighted by Crippen LogP contribution is 2.33. The van der Waals surface area contributed by atoms with Crippen molar-refractivity contribution in [2.24, 2.45) is 17.6 Å². The number of nitrogens with zero attached hydrogens (tertiary/aromatic N) is 4. The van der Waals surface area contributed by atoms with Gasteiger partial charge in [0.05, 0.1) is 6.04 Å². The van der Waals surface area contributed by atoms with E-state index in [0.717, 1.165) is 51.0 Å². The highest BCUT2D eigenvalue weighted by Gasteiger charge is 2.36. The fourth-order valence-electron chi connectivity index (χ4n) is 4.59. The number of carbonyl (C=O) groups is 1. The maximum absolute atomic E-state index is 12.9. The van der Waals surface area contributed by atoms with Gasteiger partial charge in [-0.1, -0.05) is 41.4 Å². The first-order valence-corrected chi connectivity index (χ1v) is 10.7. The predicted octanol–water partition coefficient (Wildman–Crippen LogP) is 3.47. The van der Waals surface area contributed by atoms with Gasteiger partial charge in [0.1, 0.15) is 0 Å². The van der Waals surface area contributed by atoms with E-state index >= 15 is 0 Å². The van der Waals surface area contributed by atoms with Crippen LogP contribution in [0.2, 0.25) is 0 Å². The maximum atomic E-state index is 12.9. The number of nitrogens with two attached hydrogens (primary N) is 1. The highest BCUT2D eigenvalue weighted by atomic mass is 35.5. The summed E-state index contributed by atoms with van der Waals surface area (Å²) < 4.78 is 5.55. The molecule has 2 fully saturated rings. The predicted molar refractivity (Wildman–Crippen MR) is 125 cm³/mol. The van der Waals surface area contributed by atoms with Gasteiger partial charge >= 0.3 is 0 Å². The molecule has 0 radical (unpaired) electrons. The maximum Gasteiger partial charge on any atom is 0.244 e. The first-order valence-electron chi connectivity index (χ1n) is 10.7. The fraction of sp³-hybridized carbons (Fsp3) is 0.591. The molecular formula is C22H33Cl2N5O2. The quantitative estimate of drug-likeness (QED) is 0.720. The van der Waals surface area contributed by atoms with Crippen LogP contribution in [0.1, 0.15) is 43.7 Å². The van der Waals surface area contributed by atoms with Gasteiger partial charge in [-0.2, -0.15) is 4.98 Å². The molecule has 1 aliphatic heterocycles. The largest absolute Gasteiger partial charge is 0.340 e. The number of halogens is 2. The number of amides is 1. The molecule has 172 valence electrons. The zero-order chi connectivity index (χ0) is 20.4. The summed E-state index contributed by atoms with van der Waals surface area (Å²) in [5, 5.41) is 4.16. The van der Waals surface area contributed by atoms with Crippen molar-refractivity contribution >= 4 is 30.7 Å². The fourth-order valence-corrected chi connectivity index (χ4v) is 4.59. The van der Waals surface area contributed by atoms with Gasteiger partial charge in [-0.25, -0.2) is 0 Å². The lowest BCUT2D eigenvalue weighted by Crippen LogP contribution is -2.51. The van der Waals surface area contributed by atoms with Crippen molar-refractivity contribution in [2.45, 2.75) is 39.2 Å². The van der Waals surface area contributed by atoms with E-state index in [1.165, 1.54) is 5.56 Å². The van der Waals surface area contributed by atoms with Crippen LogP contribution >= 0.6 is 24.8 Å². The van der Waals surface area contributed by atoms with Crippen LogP contribution in [0.15, 0.2) is 28.8 Å². The molecule has 1 aliphatic carbocycles. The van der Waals surface area contributed by atoms with Gasteiger partial charge in [0.2, 0.25) is 17.6 Å². The van der Waals surface area contributed by atoms with E-state index in [1.807, 2.05) is 29.2 Å². The van der Waals surface area contributed by atoms with E-state index in [1.54, 1.807) is 0 Å². The summed E-state index contributed by atoms with van der Waals surface area (Å²) in [5.41, 5.74) is 8.03. The third-order valence-corrected chi connectivity index (χ3v) is 6.56. The Hall–Kier alpha value is -1.67. The third-order valence-electron chi connectivity index (χ3n) is 6.56. The minimum atomic E-state index is 0. The average molecular weight is 470 g/mol. The van der Waals surface area contributed by atoms with Crippen molar-refractivity contribution in [3.8, 4) is 11.4 Å². The average Bonchev–Trinajstić information content (AvgIpc) is 3.43. The van der Waals surface area contributed by atoms with Gasteiger partial charge in [-0.15, -0.1) is 24.8 Å². The molecule has 1 amide bonds. The lowest BCUT2D eigenvalue weighted by atomic mass is 9.94. The van der Waals surface area contributed by atoms with Crippen LogP contribution in [0.3, 0.4) is 0 Å². The topological polar surface area (TPSA) is 88.5 Å². The zero-order valence-corrected chi connectivity index (χ0v) is 19.8. The molecule has 1 unspecified atom stereocenters. The summed E-state index contributed by atoms with van der Waals surface area (Å²) in [5.74, 6) is 2.02. The summed E-state index contributed by atoms with van der Waals surface area (Å²) >= 11 is 0. The normalized spacial score (nSPS) is 22.5. The van der Waals surface area contributed by atoms with E-state index in [0.29, 0.717) is 30.1 Å². The van der Waals surface area contributed by atoms with Crippen LogP contribution in [0.4, 0.5) is 0 Å². The Bertz CT molecular complexity index is 837. The molecule has 9 heteroatoms. The summed E-state index contributed by atoms with van der Waals surface area (Å²) in [6, 6.07) is 8.14. The molecule has 1 saturated heterocycles. The Morgan fingerprint density at radius 2 is 1.84 bits per heavy atom. The van der Waals surface area contributed by atoms with Gasteiger partial charge < -0.3 is 15.2 Å². The van der Waals surface area contributed by atoms with E-state index in [9.17, 15) is 4.79 Å². The minimum absolute atomic E-state index is 0. The van der Waals surface area contributed by atoms with Crippen molar-refractivity contribution in [3.05, 3.63) is 35.7 Å². The van der Waals surface area contributed by atoms with Gasteiger partial charge in [0.15, 0.2) is 0 Å². The van der Waals surface area contributed by atoms with Crippen LogP contribution in [0.25, 0.3) is 11.4 Å². The Morgan fingerprint density at radius 3 is 2.48 bits per heavy atom. The molecule has 0 bridgehead atoms. The molecule has 31 heavy (non-hydrogen) atoms. The molecule has 1 aromatic heterocycles. The monoisotopic (exact) mass is 469 g/mol. The second-order valence-corrected chi connectivity index (χ2v) is 8.39. The Kier molecular flexibility index (Phi) is 9.30. The standard InChI is InChI=1S/C22H31N5O2.2ClH/c1-15-6-8-17(9-7-15)20-24-21(29-25-20)16(2)26-10-12-27(13-11-26)22(28)19-5-3-4-18(19)14-23;;/h6-9,16,18-19H,3-5,10-14,23H2,1-2H3;2*1H/t16?,18-,19-;;/m1../s1. The van der Waals surface area contributed by atoms with Crippen LogP contribution in [0.5, 0.6) is 0 Å². The molecule has 4 rings (SSSR count). The smallest absolute Gasteiger partial charge is 0.244 e. The third kappa shape index (κ3) is 5.58. The van der Waals surface area contributed by atoms with Crippen LogP contribution in [0, 0.1) is 18.8 Å². The van der Waals surface area contributed by atoms with Crippen molar-refractivity contribution in [2.75, 3.05) is 32.7 Å². The molecule has 0 spiro atoms. The van der Waals surface area contributed by atoms with Gasteiger partial charge in [0, 0.05) is 37.7 Å². The Labute approximate surface area is 196 Å². The lowest BCUT2D eigenvalue weighted by Gasteiger charge is -2.38. The minimum Gasteiger partial charge on any atom is -0.340 e. The summed E-state index contributed by atoms with van der Waals surface area (Å²) in [4.78, 5) is 21.9. The number of piperazine rings is 1.